The molecule has 164 valence electrons. The molecular formula is C20H26N2O8. The predicted octanol–water partition coefficient (Wildman–Crippen LogP) is 1.65. The Morgan fingerprint density at radius 2 is 1.87 bits per heavy atom. The summed E-state index contributed by atoms with van der Waals surface area (Å²) in [6.45, 7) is 7.46. The molecular weight excluding hydrogens is 396 g/mol. The van der Waals surface area contributed by atoms with Gasteiger partial charge in [0.25, 0.3) is 5.69 Å². The number of ether oxygens (including phenoxy) is 5. The molecule has 1 aromatic rings. The second kappa shape index (κ2) is 7.54. The molecule has 1 amide bonds. The lowest BCUT2D eigenvalue weighted by Crippen LogP contribution is -2.53. The maximum Gasteiger partial charge on any atom is 0.273 e. The first-order valence-corrected chi connectivity index (χ1v) is 9.89. The number of rotatable bonds is 5. The number of nitro benzene ring substituents is 1. The number of carbonyl (C=O) groups excluding carboxylic acids is 1. The summed E-state index contributed by atoms with van der Waals surface area (Å²) < 4.78 is 29.4. The van der Waals surface area contributed by atoms with E-state index in [0.717, 1.165) is 0 Å². The van der Waals surface area contributed by atoms with E-state index in [1.165, 1.54) is 6.07 Å². The van der Waals surface area contributed by atoms with Gasteiger partial charge in [0.05, 0.1) is 24.0 Å². The zero-order valence-electron chi connectivity index (χ0n) is 17.3. The van der Waals surface area contributed by atoms with Crippen molar-refractivity contribution >= 4 is 11.6 Å². The van der Waals surface area contributed by atoms with Gasteiger partial charge in [-0.2, -0.15) is 0 Å². The molecule has 3 fully saturated rings. The lowest BCUT2D eigenvalue weighted by atomic mass is 10.0. The van der Waals surface area contributed by atoms with Gasteiger partial charge in [-0.1, -0.05) is 18.2 Å². The number of carbonyl (C=O) groups is 1. The van der Waals surface area contributed by atoms with Crippen LogP contribution in [0.2, 0.25) is 0 Å². The number of nitrogens with one attached hydrogen (secondary N) is 1. The van der Waals surface area contributed by atoms with Crippen LogP contribution < -0.4 is 5.32 Å². The van der Waals surface area contributed by atoms with Gasteiger partial charge in [-0.3, -0.25) is 14.9 Å². The fraction of sp³-hybridized carbons (Fsp3) is 0.650. The Kier molecular flexibility index (Phi) is 5.31. The lowest BCUT2D eigenvalue weighted by Gasteiger charge is -2.29. The molecule has 0 radical (unpaired) electrons. The molecule has 0 saturated carbocycles. The molecule has 0 aromatic heterocycles. The standard InChI is InChI=1S/C20H26N2O8/c1-19(2)26-10-13(28-19)16-15(17-18(27-16)30-20(3,4)29-17)21-14(23)9-11-7-5-6-8-12(11)22(24)25/h5-8,13,15-18H,9-10H2,1-4H3,(H,21,23)/t13-,15-,16-,17-,18-/m1/s1. The van der Waals surface area contributed by atoms with Crippen LogP contribution in [0.15, 0.2) is 24.3 Å². The Balaban J connectivity index is 1.51. The molecule has 10 nitrogen and oxygen atoms in total. The summed E-state index contributed by atoms with van der Waals surface area (Å²) in [5.74, 6) is -1.99. The largest absolute Gasteiger partial charge is 0.348 e. The summed E-state index contributed by atoms with van der Waals surface area (Å²) in [6, 6.07) is 5.61. The topological polar surface area (TPSA) is 118 Å². The van der Waals surface area contributed by atoms with Crippen LogP contribution in [0, 0.1) is 10.1 Å². The quantitative estimate of drug-likeness (QED) is 0.562. The Bertz CT molecular complexity index is 842. The van der Waals surface area contributed by atoms with Gasteiger partial charge in [-0.05, 0) is 27.7 Å². The Labute approximate surface area is 173 Å². The van der Waals surface area contributed by atoms with Crippen molar-refractivity contribution in [3.63, 3.8) is 0 Å². The summed E-state index contributed by atoms with van der Waals surface area (Å²) in [5.41, 5.74) is 0.234. The number of fused-ring (bicyclic) bond motifs is 1. The molecule has 10 heteroatoms. The highest BCUT2D eigenvalue weighted by molar-refractivity contribution is 5.80. The third-order valence-electron chi connectivity index (χ3n) is 5.35. The molecule has 3 heterocycles. The minimum atomic E-state index is -0.853. The highest BCUT2D eigenvalue weighted by Gasteiger charge is 2.58. The monoisotopic (exact) mass is 422 g/mol. The first-order chi connectivity index (χ1) is 14.0. The molecule has 0 spiro atoms. The van der Waals surface area contributed by atoms with Gasteiger partial charge in [0, 0.05) is 11.6 Å². The van der Waals surface area contributed by atoms with Crippen LogP contribution in [0.3, 0.4) is 0 Å². The molecule has 3 aliphatic rings. The van der Waals surface area contributed by atoms with Crippen molar-refractivity contribution in [1.29, 1.82) is 0 Å². The summed E-state index contributed by atoms with van der Waals surface area (Å²) >= 11 is 0. The Morgan fingerprint density at radius 1 is 1.13 bits per heavy atom. The molecule has 0 aliphatic carbocycles. The van der Waals surface area contributed by atoms with Crippen LogP contribution in [-0.4, -0.2) is 59.7 Å². The molecule has 1 N–H and O–H groups in total. The van der Waals surface area contributed by atoms with E-state index in [9.17, 15) is 14.9 Å². The van der Waals surface area contributed by atoms with E-state index in [4.69, 9.17) is 23.7 Å². The average Bonchev–Trinajstić information content (AvgIpc) is 3.25. The average molecular weight is 422 g/mol. The van der Waals surface area contributed by atoms with Gasteiger partial charge in [0.15, 0.2) is 17.9 Å². The summed E-state index contributed by atoms with van der Waals surface area (Å²) in [7, 11) is 0. The predicted molar refractivity (Wildman–Crippen MR) is 102 cm³/mol. The van der Waals surface area contributed by atoms with Crippen molar-refractivity contribution < 1.29 is 33.4 Å². The molecule has 3 saturated heterocycles. The van der Waals surface area contributed by atoms with Crippen molar-refractivity contribution in [3.05, 3.63) is 39.9 Å². The number of amides is 1. The molecule has 30 heavy (non-hydrogen) atoms. The summed E-state index contributed by atoms with van der Waals surface area (Å²) in [5, 5.41) is 14.2. The SMILES string of the molecule is CC1(C)O[C@H]2O[C@H]([C@H]3COC(C)(C)O3)[C@@H](NC(=O)Cc3ccccc3[N+](=O)[O-])[C@H]2O1. The molecule has 4 rings (SSSR count). The lowest BCUT2D eigenvalue weighted by molar-refractivity contribution is -0.385. The third kappa shape index (κ3) is 4.19. The summed E-state index contributed by atoms with van der Waals surface area (Å²) in [4.78, 5) is 23.6. The smallest absolute Gasteiger partial charge is 0.273 e. The number of hydrogen-bond acceptors (Lipinski definition) is 8. The van der Waals surface area contributed by atoms with E-state index in [1.54, 1.807) is 45.9 Å². The second-order valence-corrected chi connectivity index (χ2v) is 8.59. The van der Waals surface area contributed by atoms with E-state index in [0.29, 0.717) is 12.2 Å². The van der Waals surface area contributed by atoms with Crippen LogP contribution in [0.25, 0.3) is 0 Å². The fourth-order valence-corrected chi connectivity index (χ4v) is 4.14. The molecule has 3 aliphatic heterocycles. The van der Waals surface area contributed by atoms with E-state index in [1.807, 2.05) is 0 Å². The number of nitro groups is 1. The molecule has 0 bridgehead atoms. The minimum absolute atomic E-state index is 0.0967. The number of benzene rings is 1. The van der Waals surface area contributed by atoms with Gasteiger partial charge in [0.2, 0.25) is 5.91 Å². The second-order valence-electron chi connectivity index (χ2n) is 8.59. The van der Waals surface area contributed by atoms with Crippen LogP contribution in [0.4, 0.5) is 5.69 Å². The van der Waals surface area contributed by atoms with Crippen molar-refractivity contribution in [2.45, 2.75) is 76.3 Å². The van der Waals surface area contributed by atoms with Gasteiger partial charge < -0.3 is 29.0 Å². The third-order valence-corrected chi connectivity index (χ3v) is 5.35. The Morgan fingerprint density at radius 3 is 2.53 bits per heavy atom. The number of nitrogens with zero attached hydrogens (tertiary/aromatic N) is 1. The highest BCUT2D eigenvalue weighted by atomic mass is 16.8. The Hall–Kier alpha value is -2.11. The minimum Gasteiger partial charge on any atom is -0.348 e. The normalized spacial score (nSPS) is 33.9. The van der Waals surface area contributed by atoms with Gasteiger partial charge >= 0.3 is 0 Å². The maximum atomic E-state index is 12.8. The van der Waals surface area contributed by atoms with Crippen LogP contribution >= 0.6 is 0 Å². The first kappa shape index (κ1) is 21.1. The van der Waals surface area contributed by atoms with Gasteiger partial charge in [-0.15, -0.1) is 0 Å². The molecule has 1 aromatic carbocycles. The van der Waals surface area contributed by atoms with Gasteiger partial charge in [0.1, 0.15) is 18.3 Å². The fourth-order valence-electron chi connectivity index (χ4n) is 4.14. The van der Waals surface area contributed by atoms with Crippen molar-refractivity contribution in [2.24, 2.45) is 0 Å². The first-order valence-electron chi connectivity index (χ1n) is 9.89. The van der Waals surface area contributed by atoms with E-state index >= 15 is 0 Å². The zero-order valence-corrected chi connectivity index (χ0v) is 17.3. The van der Waals surface area contributed by atoms with E-state index in [2.05, 4.69) is 5.32 Å². The van der Waals surface area contributed by atoms with Crippen molar-refractivity contribution in [1.82, 2.24) is 5.32 Å². The van der Waals surface area contributed by atoms with Crippen LogP contribution in [0.5, 0.6) is 0 Å². The van der Waals surface area contributed by atoms with Gasteiger partial charge in [-0.25, -0.2) is 0 Å². The van der Waals surface area contributed by atoms with E-state index in [-0.39, 0.29) is 18.0 Å². The number of para-hydroxylation sites is 1. The maximum absolute atomic E-state index is 12.8. The molecule has 0 unspecified atom stereocenters. The summed E-state index contributed by atoms with van der Waals surface area (Å²) in [6.07, 6.45) is -2.30. The zero-order chi connectivity index (χ0) is 21.7. The highest BCUT2D eigenvalue weighted by Crippen LogP contribution is 2.40. The van der Waals surface area contributed by atoms with Crippen LogP contribution in [-0.2, 0) is 34.9 Å². The van der Waals surface area contributed by atoms with E-state index < -0.39 is 47.1 Å². The van der Waals surface area contributed by atoms with Crippen molar-refractivity contribution in [3.8, 4) is 0 Å². The van der Waals surface area contributed by atoms with Crippen LogP contribution in [0.1, 0.15) is 33.3 Å². The number of hydrogen-bond donors (Lipinski definition) is 1. The van der Waals surface area contributed by atoms with Crippen molar-refractivity contribution in [2.75, 3.05) is 6.61 Å². The molecule has 5 atom stereocenters.